The Bertz CT molecular complexity index is 1270. The van der Waals surface area contributed by atoms with Crippen LogP contribution in [-0.4, -0.2) is 41.7 Å². The van der Waals surface area contributed by atoms with Gasteiger partial charge in [0, 0.05) is 5.56 Å². The van der Waals surface area contributed by atoms with Crippen molar-refractivity contribution in [2.45, 2.75) is 17.7 Å². The molecule has 0 N–H and O–H groups in total. The summed E-state index contributed by atoms with van der Waals surface area (Å²) in [6, 6.07) is 24.8. The molecule has 32 heavy (non-hydrogen) atoms. The molecule has 0 saturated carbocycles. The lowest BCUT2D eigenvalue weighted by atomic mass is 10.1. The first kappa shape index (κ1) is 20.4. The van der Waals surface area contributed by atoms with Gasteiger partial charge in [-0.1, -0.05) is 71.1 Å². The van der Waals surface area contributed by atoms with Gasteiger partial charge in [0.15, 0.2) is 6.17 Å². The van der Waals surface area contributed by atoms with E-state index in [1.165, 1.54) is 28.5 Å². The van der Waals surface area contributed by atoms with Crippen LogP contribution in [0.15, 0.2) is 94.8 Å². The largest absolute Gasteiger partial charge is 0.271 e. The van der Waals surface area contributed by atoms with Crippen molar-refractivity contribution < 1.29 is 18.0 Å². The number of para-hydroxylation sites is 1. The van der Waals surface area contributed by atoms with Gasteiger partial charge in [0.05, 0.1) is 10.6 Å². The smallest absolute Gasteiger partial charge is 0.265 e. The highest BCUT2D eigenvalue weighted by molar-refractivity contribution is 7.89. The molecule has 0 radical (unpaired) electrons. The first-order valence-electron chi connectivity index (χ1n) is 10.0. The monoisotopic (exact) mass is 448 g/mol. The second kappa shape index (κ2) is 8.19. The number of carbonyl (C=O) groups excluding carboxylic acids is 1. The molecule has 2 aliphatic heterocycles. The molecule has 162 valence electrons. The molecule has 2 aliphatic rings. The average molecular weight is 449 g/mol. The fourth-order valence-corrected chi connectivity index (χ4v) is 5.16. The van der Waals surface area contributed by atoms with Crippen LogP contribution in [0.2, 0.25) is 0 Å². The van der Waals surface area contributed by atoms with Crippen molar-refractivity contribution in [2.24, 2.45) is 4.99 Å². The van der Waals surface area contributed by atoms with Gasteiger partial charge < -0.3 is 0 Å². The van der Waals surface area contributed by atoms with Gasteiger partial charge in [-0.15, -0.1) is 0 Å². The van der Waals surface area contributed by atoms with Gasteiger partial charge >= 0.3 is 0 Å². The lowest BCUT2D eigenvalue weighted by Gasteiger charge is -2.47. The summed E-state index contributed by atoms with van der Waals surface area (Å²) in [7, 11) is -3.99. The Balaban J connectivity index is 1.54. The molecular weight excluding hydrogens is 428 g/mol. The molecule has 1 fully saturated rings. The van der Waals surface area contributed by atoms with E-state index in [1.54, 1.807) is 18.2 Å². The number of hydrogen-bond donors (Lipinski definition) is 0. The highest BCUT2D eigenvalue weighted by atomic mass is 32.2. The number of benzene rings is 3. The fourth-order valence-electron chi connectivity index (χ4n) is 3.75. The summed E-state index contributed by atoms with van der Waals surface area (Å²) < 4.78 is 27.8. The third-order valence-electron chi connectivity index (χ3n) is 5.31. The minimum Gasteiger partial charge on any atom is -0.271 e. The third kappa shape index (κ3) is 3.56. The maximum absolute atomic E-state index is 13.4. The average Bonchev–Trinajstić information content (AvgIpc) is 2.84. The molecule has 0 aliphatic carbocycles. The van der Waals surface area contributed by atoms with Crippen LogP contribution in [0, 0.1) is 0 Å². The van der Waals surface area contributed by atoms with Crippen LogP contribution in [0.4, 0.5) is 5.69 Å². The minimum absolute atomic E-state index is 0.0949. The van der Waals surface area contributed by atoms with Crippen LogP contribution in [0.3, 0.4) is 0 Å². The second-order valence-corrected chi connectivity index (χ2v) is 9.18. The Kier molecular flexibility index (Phi) is 5.22. The van der Waals surface area contributed by atoms with Gasteiger partial charge in [0.1, 0.15) is 19.5 Å². The summed E-state index contributed by atoms with van der Waals surface area (Å²) in [5.41, 5.74) is 2.21. The lowest BCUT2D eigenvalue weighted by Crippen LogP contribution is -2.62. The van der Waals surface area contributed by atoms with Crippen molar-refractivity contribution in [1.82, 2.24) is 14.5 Å². The van der Waals surface area contributed by atoms with E-state index < -0.39 is 28.6 Å². The van der Waals surface area contributed by atoms with Crippen molar-refractivity contribution in [3.05, 3.63) is 96.1 Å². The fraction of sp³-hybridized carbons (Fsp3) is 0.130. The number of nitrogens with zero attached hydrogens (tertiary/aromatic N) is 4. The van der Waals surface area contributed by atoms with Crippen LogP contribution >= 0.6 is 0 Å². The predicted molar refractivity (Wildman–Crippen MR) is 118 cm³/mol. The first-order chi connectivity index (χ1) is 15.6. The van der Waals surface area contributed by atoms with E-state index in [9.17, 15) is 13.2 Å². The zero-order chi connectivity index (χ0) is 22.1. The van der Waals surface area contributed by atoms with Gasteiger partial charge in [-0.05, 0) is 23.8 Å². The van der Waals surface area contributed by atoms with Crippen LogP contribution in [0.1, 0.15) is 17.3 Å². The molecular formula is C23H20N4O4S. The van der Waals surface area contributed by atoms with E-state index in [4.69, 9.17) is 4.84 Å². The molecule has 3 aromatic carbocycles. The standard InChI is InChI=1S/C23H20N4O4S/c28-22-15-26(32(29,30)19-11-5-2-6-12-19)25-17-24-21-14-8-7-13-20(21)23(25)27(22)31-16-18-9-3-1-4-10-18/h1-14,17,23H,15-16H2. The third-order valence-corrected chi connectivity index (χ3v) is 7.05. The van der Waals surface area contributed by atoms with Gasteiger partial charge in [-0.2, -0.15) is 5.06 Å². The topological polar surface area (TPSA) is 82.5 Å². The maximum atomic E-state index is 13.4. The number of hydrazine groups is 1. The number of aliphatic imine (C=N–C) groups is 1. The Morgan fingerprint density at radius 1 is 0.906 bits per heavy atom. The van der Waals surface area contributed by atoms with Gasteiger partial charge in [0.2, 0.25) is 0 Å². The Labute approximate surface area is 185 Å². The molecule has 0 bridgehead atoms. The van der Waals surface area contributed by atoms with Crippen molar-refractivity contribution in [2.75, 3.05) is 6.54 Å². The summed E-state index contributed by atoms with van der Waals surface area (Å²) in [6.07, 6.45) is 0.617. The summed E-state index contributed by atoms with van der Waals surface area (Å²) in [4.78, 5) is 23.6. The highest BCUT2D eigenvalue weighted by Crippen LogP contribution is 2.40. The van der Waals surface area contributed by atoms with Crippen LogP contribution < -0.4 is 0 Å². The second-order valence-electron chi connectivity index (χ2n) is 7.33. The van der Waals surface area contributed by atoms with E-state index in [0.717, 1.165) is 9.98 Å². The number of rotatable bonds is 5. The number of sulfonamides is 1. The van der Waals surface area contributed by atoms with Crippen molar-refractivity contribution in [3.63, 3.8) is 0 Å². The molecule has 1 atom stereocenters. The molecule has 0 aromatic heterocycles. The number of carbonyl (C=O) groups is 1. The summed E-state index contributed by atoms with van der Waals surface area (Å²) >= 11 is 0. The maximum Gasteiger partial charge on any atom is 0.265 e. The van der Waals surface area contributed by atoms with E-state index in [1.807, 2.05) is 54.6 Å². The number of amides is 1. The molecule has 5 rings (SSSR count). The molecule has 1 saturated heterocycles. The highest BCUT2D eigenvalue weighted by Gasteiger charge is 2.47. The number of fused-ring (bicyclic) bond motifs is 3. The van der Waals surface area contributed by atoms with E-state index in [0.29, 0.717) is 11.3 Å². The first-order valence-corrected chi connectivity index (χ1v) is 11.5. The van der Waals surface area contributed by atoms with Crippen LogP contribution in [0.5, 0.6) is 0 Å². The van der Waals surface area contributed by atoms with Gasteiger partial charge in [-0.3, -0.25) is 14.6 Å². The van der Waals surface area contributed by atoms with Gasteiger partial charge in [0.25, 0.3) is 15.9 Å². The Morgan fingerprint density at radius 3 is 2.31 bits per heavy atom. The van der Waals surface area contributed by atoms with Crippen molar-refractivity contribution in [3.8, 4) is 0 Å². The Morgan fingerprint density at radius 2 is 1.56 bits per heavy atom. The molecule has 1 unspecified atom stereocenters. The number of hydrogen-bond acceptors (Lipinski definition) is 6. The molecule has 9 heteroatoms. The van der Waals surface area contributed by atoms with Gasteiger partial charge in [-0.25, -0.2) is 13.4 Å². The normalized spacial score (nSPS) is 18.4. The summed E-state index contributed by atoms with van der Waals surface area (Å²) in [5.74, 6) is -0.466. The Hall–Kier alpha value is -3.53. The van der Waals surface area contributed by atoms with Crippen LogP contribution in [0.25, 0.3) is 0 Å². The molecule has 2 heterocycles. The summed E-state index contributed by atoms with van der Waals surface area (Å²) in [5, 5.41) is 2.69. The SMILES string of the molecule is O=C1CN(S(=O)(=O)c2ccccc2)N2C=Nc3ccccc3C2N1OCc1ccccc1. The van der Waals surface area contributed by atoms with E-state index in [-0.39, 0.29) is 11.5 Å². The van der Waals surface area contributed by atoms with Crippen molar-refractivity contribution in [1.29, 1.82) is 0 Å². The van der Waals surface area contributed by atoms with E-state index >= 15 is 0 Å². The number of hydroxylamine groups is 2. The van der Waals surface area contributed by atoms with Crippen molar-refractivity contribution >= 4 is 28.0 Å². The predicted octanol–water partition coefficient (Wildman–Crippen LogP) is 3.24. The summed E-state index contributed by atoms with van der Waals surface area (Å²) in [6.45, 7) is -0.238. The zero-order valence-corrected chi connectivity index (χ0v) is 17.8. The molecule has 1 amide bonds. The lowest BCUT2D eigenvalue weighted by molar-refractivity contribution is -0.248. The molecule has 0 spiro atoms. The minimum atomic E-state index is -3.99. The van der Waals surface area contributed by atoms with E-state index in [2.05, 4.69) is 4.99 Å². The zero-order valence-electron chi connectivity index (χ0n) is 17.0. The molecule has 3 aromatic rings. The molecule has 8 nitrogen and oxygen atoms in total. The van der Waals surface area contributed by atoms with Crippen LogP contribution in [-0.2, 0) is 26.3 Å². The quantitative estimate of drug-likeness (QED) is 0.599.